The summed E-state index contributed by atoms with van der Waals surface area (Å²) in [6, 6.07) is 2.56. The summed E-state index contributed by atoms with van der Waals surface area (Å²) in [4.78, 5) is 26.4. The molecule has 8 nitrogen and oxygen atoms in total. The Morgan fingerprint density at radius 1 is 1.35 bits per heavy atom. The molecule has 0 saturated heterocycles. The van der Waals surface area contributed by atoms with Crippen LogP contribution in [0.5, 0.6) is 0 Å². The van der Waals surface area contributed by atoms with Crippen LogP contribution in [0.15, 0.2) is 12.1 Å². The first-order valence-electron chi connectivity index (χ1n) is 5.67. The zero-order valence-electron chi connectivity index (χ0n) is 11.0. The zero-order chi connectivity index (χ0) is 15.3. The van der Waals surface area contributed by atoms with Crippen LogP contribution in [0.25, 0.3) is 0 Å². The number of aryl methyl sites for hydroxylation is 1. The van der Waals surface area contributed by atoms with Crippen LogP contribution in [0.2, 0.25) is 0 Å². The van der Waals surface area contributed by atoms with Gasteiger partial charge in [0.15, 0.2) is 0 Å². The molecule has 1 amide bonds. The van der Waals surface area contributed by atoms with Gasteiger partial charge in [0.1, 0.15) is 5.69 Å². The van der Waals surface area contributed by atoms with E-state index in [9.17, 15) is 18.0 Å². The van der Waals surface area contributed by atoms with Gasteiger partial charge in [-0.3, -0.25) is 4.79 Å². The van der Waals surface area contributed by atoms with E-state index in [4.69, 9.17) is 5.11 Å². The molecule has 20 heavy (non-hydrogen) atoms. The summed E-state index contributed by atoms with van der Waals surface area (Å²) in [5.74, 6) is -1.93. The number of aromatic nitrogens is 1. The topological polar surface area (TPSA) is 125 Å². The highest BCUT2D eigenvalue weighted by Gasteiger charge is 2.14. The van der Waals surface area contributed by atoms with Gasteiger partial charge in [0.2, 0.25) is 10.0 Å². The van der Waals surface area contributed by atoms with E-state index in [2.05, 4.69) is 15.0 Å². The lowest BCUT2D eigenvalue weighted by molar-refractivity contribution is 0.0694. The van der Waals surface area contributed by atoms with Crippen LogP contribution < -0.4 is 10.0 Å². The van der Waals surface area contributed by atoms with Gasteiger partial charge in [0.05, 0.1) is 17.0 Å². The molecular weight excluding hydrogens is 286 g/mol. The molecule has 0 fully saturated rings. The number of aromatic carboxylic acids is 1. The third-order valence-electron chi connectivity index (χ3n) is 2.52. The van der Waals surface area contributed by atoms with Crippen molar-refractivity contribution in [2.75, 3.05) is 19.3 Å². The maximum atomic E-state index is 11.7. The Bertz CT molecular complexity index is 627. The second-order valence-electron chi connectivity index (χ2n) is 3.91. The lowest BCUT2D eigenvalue weighted by Gasteiger charge is -2.06. The molecule has 0 aliphatic rings. The van der Waals surface area contributed by atoms with Gasteiger partial charge >= 0.3 is 5.97 Å². The van der Waals surface area contributed by atoms with Crippen molar-refractivity contribution >= 4 is 21.9 Å². The quantitative estimate of drug-likeness (QED) is 0.642. The smallest absolute Gasteiger partial charge is 0.337 e. The van der Waals surface area contributed by atoms with Crippen molar-refractivity contribution < 1.29 is 23.1 Å². The number of hydrogen-bond acceptors (Lipinski definition) is 5. The van der Waals surface area contributed by atoms with E-state index in [1.807, 2.05) is 0 Å². The third-order valence-corrected chi connectivity index (χ3v) is 3.88. The molecule has 110 valence electrons. The normalized spacial score (nSPS) is 11.1. The Hall–Kier alpha value is -2.00. The number of sulfonamides is 1. The number of nitrogens with one attached hydrogen (secondary N) is 2. The Kier molecular flexibility index (Phi) is 5.17. The first-order valence-corrected chi connectivity index (χ1v) is 7.32. The number of rotatable bonds is 6. The highest BCUT2D eigenvalue weighted by molar-refractivity contribution is 7.89. The number of nitrogens with zero attached hydrogens (tertiary/aromatic N) is 1. The summed E-state index contributed by atoms with van der Waals surface area (Å²) in [6.07, 6.45) is 0. The lowest BCUT2D eigenvalue weighted by atomic mass is 10.2. The van der Waals surface area contributed by atoms with Crippen LogP contribution >= 0.6 is 0 Å². The van der Waals surface area contributed by atoms with Gasteiger partial charge in [0.25, 0.3) is 5.91 Å². The number of carbonyl (C=O) groups excluding carboxylic acids is 1. The van der Waals surface area contributed by atoms with Gasteiger partial charge < -0.3 is 10.4 Å². The van der Waals surface area contributed by atoms with Gasteiger partial charge in [-0.15, -0.1) is 0 Å². The number of amides is 1. The number of pyridine rings is 1. The Morgan fingerprint density at radius 3 is 2.50 bits per heavy atom. The zero-order valence-corrected chi connectivity index (χ0v) is 11.8. The van der Waals surface area contributed by atoms with Crippen molar-refractivity contribution in [2.45, 2.75) is 6.92 Å². The Morgan fingerprint density at radius 2 is 2.00 bits per heavy atom. The third kappa shape index (κ3) is 4.28. The summed E-state index contributed by atoms with van der Waals surface area (Å²) in [7, 11) is -2.10. The molecule has 0 aromatic carbocycles. The van der Waals surface area contributed by atoms with Gasteiger partial charge in [-0.05, 0) is 26.1 Å². The maximum absolute atomic E-state index is 11.7. The minimum atomic E-state index is -3.39. The molecule has 9 heteroatoms. The first-order chi connectivity index (χ1) is 9.26. The van der Waals surface area contributed by atoms with E-state index in [-0.39, 0.29) is 29.2 Å². The number of hydrogen-bond donors (Lipinski definition) is 3. The fourth-order valence-electron chi connectivity index (χ4n) is 1.41. The van der Waals surface area contributed by atoms with Crippen molar-refractivity contribution in [2.24, 2.45) is 0 Å². The highest BCUT2D eigenvalue weighted by Crippen LogP contribution is 2.06. The summed E-state index contributed by atoms with van der Waals surface area (Å²) >= 11 is 0. The molecule has 0 atom stereocenters. The van der Waals surface area contributed by atoms with Crippen molar-refractivity contribution in [3.8, 4) is 0 Å². The average molecular weight is 301 g/mol. The van der Waals surface area contributed by atoms with E-state index >= 15 is 0 Å². The van der Waals surface area contributed by atoms with E-state index in [0.717, 1.165) is 0 Å². The minimum absolute atomic E-state index is 0.0133. The maximum Gasteiger partial charge on any atom is 0.337 e. The molecule has 0 radical (unpaired) electrons. The van der Waals surface area contributed by atoms with Crippen LogP contribution in [0.1, 0.15) is 26.5 Å². The van der Waals surface area contributed by atoms with Crippen LogP contribution in [0, 0.1) is 6.92 Å². The molecule has 0 spiro atoms. The molecule has 1 rings (SSSR count). The van der Waals surface area contributed by atoms with Crippen molar-refractivity contribution in [1.82, 2.24) is 15.0 Å². The Balaban J connectivity index is 2.70. The summed E-state index contributed by atoms with van der Waals surface area (Å²) < 4.78 is 24.4. The van der Waals surface area contributed by atoms with Crippen LogP contribution in [-0.2, 0) is 10.0 Å². The molecule has 1 aromatic rings. The lowest BCUT2D eigenvalue weighted by Crippen LogP contribution is -2.33. The SMILES string of the molecule is CNS(=O)(=O)CCNC(=O)c1ccc(C(=O)O)c(C)n1. The molecule has 0 unspecified atom stereocenters. The van der Waals surface area contributed by atoms with Gasteiger partial charge in [-0.25, -0.2) is 22.9 Å². The van der Waals surface area contributed by atoms with E-state index in [1.165, 1.54) is 26.1 Å². The predicted molar refractivity (Wildman–Crippen MR) is 71.1 cm³/mol. The molecular formula is C11H15N3O5S. The largest absolute Gasteiger partial charge is 0.478 e. The predicted octanol–water partition coefficient (Wildman–Crippen LogP) is -0.633. The van der Waals surface area contributed by atoms with Crippen LogP contribution in [0.3, 0.4) is 0 Å². The van der Waals surface area contributed by atoms with Crippen molar-refractivity contribution in [1.29, 1.82) is 0 Å². The summed E-state index contributed by atoms with van der Waals surface area (Å²) in [6.45, 7) is 1.41. The van der Waals surface area contributed by atoms with Gasteiger partial charge in [-0.1, -0.05) is 0 Å². The highest BCUT2D eigenvalue weighted by atomic mass is 32.2. The summed E-state index contributed by atoms with van der Waals surface area (Å²) in [5.41, 5.74) is 0.265. The second kappa shape index (κ2) is 6.44. The average Bonchev–Trinajstić information content (AvgIpc) is 2.37. The van der Waals surface area contributed by atoms with Crippen LogP contribution in [0.4, 0.5) is 0 Å². The Labute approximate surface area is 116 Å². The van der Waals surface area contributed by atoms with E-state index < -0.39 is 21.9 Å². The molecule has 0 saturated carbocycles. The molecule has 0 aliphatic heterocycles. The molecule has 3 N–H and O–H groups in total. The van der Waals surface area contributed by atoms with Gasteiger partial charge in [0, 0.05) is 6.54 Å². The fraction of sp³-hybridized carbons (Fsp3) is 0.364. The van der Waals surface area contributed by atoms with Gasteiger partial charge in [-0.2, -0.15) is 0 Å². The fourth-order valence-corrected chi connectivity index (χ4v) is 1.98. The molecule has 0 bridgehead atoms. The summed E-state index contributed by atoms with van der Waals surface area (Å²) in [5, 5.41) is 11.2. The van der Waals surface area contributed by atoms with E-state index in [0.29, 0.717) is 0 Å². The molecule has 0 aliphatic carbocycles. The second-order valence-corrected chi connectivity index (χ2v) is 5.96. The van der Waals surface area contributed by atoms with Crippen LogP contribution in [-0.4, -0.2) is 49.7 Å². The number of carboxylic acids is 1. The molecule has 1 aromatic heterocycles. The minimum Gasteiger partial charge on any atom is -0.478 e. The first kappa shape index (κ1) is 16.1. The number of carboxylic acid groups (broad SMARTS) is 1. The van der Waals surface area contributed by atoms with Crippen molar-refractivity contribution in [3.05, 3.63) is 29.1 Å². The molecule has 1 heterocycles. The van der Waals surface area contributed by atoms with Crippen molar-refractivity contribution in [3.63, 3.8) is 0 Å². The van der Waals surface area contributed by atoms with E-state index in [1.54, 1.807) is 0 Å². The standard InChI is InChI=1S/C11H15N3O5S/c1-7-8(11(16)17)3-4-9(14-7)10(15)13-5-6-20(18,19)12-2/h3-4,12H,5-6H2,1-2H3,(H,13,15)(H,16,17). The number of carbonyl (C=O) groups is 2. The monoisotopic (exact) mass is 301 g/mol.